The van der Waals surface area contributed by atoms with Crippen LogP contribution < -0.4 is 4.90 Å². The molecule has 1 aromatic rings. The Labute approximate surface area is 123 Å². The fourth-order valence-corrected chi connectivity index (χ4v) is 3.93. The van der Waals surface area contributed by atoms with Crippen LogP contribution in [-0.4, -0.2) is 12.1 Å². The Morgan fingerprint density at radius 1 is 1.29 bits per heavy atom. The summed E-state index contributed by atoms with van der Waals surface area (Å²) in [6.45, 7) is 0. The van der Waals surface area contributed by atoms with E-state index >= 15 is 0 Å². The van der Waals surface area contributed by atoms with Gasteiger partial charge >= 0.3 is 0 Å². The number of hydrogen-bond donors (Lipinski definition) is 0. The van der Waals surface area contributed by atoms with Crippen LogP contribution in [0.3, 0.4) is 0 Å². The van der Waals surface area contributed by atoms with Crippen LogP contribution in [0.4, 0.5) is 0 Å². The first-order chi connectivity index (χ1) is 10.2. The fraction of sp³-hybridized carbons (Fsp3) is 0.353. The van der Waals surface area contributed by atoms with E-state index in [1.165, 1.54) is 5.70 Å². The van der Waals surface area contributed by atoms with E-state index < -0.39 is 0 Å². The van der Waals surface area contributed by atoms with Gasteiger partial charge in [-0.05, 0) is 18.6 Å². The predicted octanol–water partition coefficient (Wildman–Crippen LogP) is 2.94. The van der Waals surface area contributed by atoms with E-state index in [2.05, 4.69) is 16.0 Å². The highest BCUT2D eigenvalue weighted by molar-refractivity contribution is 5.99. The van der Waals surface area contributed by atoms with E-state index in [0.29, 0.717) is 12.0 Å². The molecule has 0 N–H and O–H groups in total. The van der Waals surface area contributed by atoms with Gasteiger partial charge in [0.1, 0.15) is 0 Å². The SMILES string of the molecule is N#Cc1ccc2c(c1)C(=O)CCC21CCCC2=CN=C[N+]21. The second-order valence-corrected chi connectivity index (χ2v) is 5.94. The van der Waals surface area contributed by atoms with Gasteiger partial charge in [0.15, 0.2) is 17.0 Å². The Morgan fingerprint density at radius 2 is 2.19 bits per heavy atom. The molecule has 21 heavy (non-hydrogen) atoms. The van der Waals surface area contributed by atoms with E-state index in [1.54, 1.807) is 6.07 Å². The Morgan fingerprint density at radius 3 is 3.05 bits per heavy atom. The number of nitrogens with zero attached hydrogens (tertiary/aromatic N) is 3. The molecule has 4 nitrogen and oxygen atoms in total. The standard InChI is InChI=1S/C17H15N3O/c18-9-12-3-4-15-14(8-12)16(21)5-7-17(15)6-1-2-13-10-19-11-20(13)17/h3-4,8,10-11H,1-2,5-7H2/q+1. The van der Waals surface area contributed by atoms with Gasteiger partial charge in [0.2, 0.25) is 6.34 Å². The van der Waals surface area contributed by atoms with Gasteiger partial charge in [0.25, 0.3) is 0 Å². The van der Waals surface area contributed by atoms with Gasteiger partial charge < -0.3 is 0 Å². The first kappa shape index (κ1) is 12.5. The maximum absolute atomic E-state index is 12.3. The Kier molecular flexibility index (Phi) is 2.60. The molecule has 2 heterocycles. The van der Waals surface area contributed by atoms with Crippen molar-refractivity contribution in [2.24, 2.45) is 4.99 Å². The van der Waals surface area contributed by atoms with Gasteiger partial charge in [-0.15, -0.1) is 0 Å². The van der Waals surface area contributed by atoms with Gasteiger partial charge in [0, 0.05) is 36.8 Å². The molecule has 1 atom stereocenters. The van der Waals surface area contributed by atoms with Crippen molar-refractivity contribution in [1.29, 1.82) is 5.26 Å². The van der Waals surface area contributed by atoms with E-state index in [4.69, 9.17) is 5.26 Å². The molecule has 1 fully saturated rings. The molecule has 103 valence electrons. The summed E-state index contributed by atoms with van der Waals surface area (Å²) in [5, 5.41) is 9.08. The smallest absolute Gasteiger partial charge is 0.245 e. The first-order valence-electron chi connectivity index (χ1n) is 7.34. The minimum atomic E-state index is -0.151. The minimum absolute atomic E-state index is 0.151. The fourth-order valence-electron chi connectivity index (χ4n) is 3.93. The van der Waals surface area contributed by atoms with E-state index in [-0.39, 0.29) is 11.3 Å². The van der Waals surface area contributed by atoms with Crippen LogP contribution in [0.5, 0.6) is 0 Å². The molecule has 1 unspecified atom stereocenters. The first-order valence-corrected chi connectivity index (χ1v) is 7.34. The summed E-state index contributed by atoms with van der Waals surface area (Å²) in [7, 11) is 0. The lowest BCUT2D eigenvalue weighted by molar-refractivity contribution is 0.0921. The van der Waals surface area contributed by atoms with Gasteiger partial charge in [-0.1, -0.05) is 11.0 Å². The molecule has 3 aliphatic rings. The quantitative estimate of drug-likeness (QED) is 0.684. The molecule has 1 saturated heterocycles. The Hall–Kier alpha value is -2.25. The third-order valence-electron chi connectivity index (χ3n) is 4.92. The minimum Gasteiger partial charge on any atom is -0.294 e. The monoisotopic (exact) mass is 277 g/mol. The number of fused-ring (bicyclic) bond motifs is 4. The zero-order valence-corrected chi connectivity index (χ0v) is 11.7. The normalized spacial score (nSPS) is 27.2. The number of benzene rings is 1. The summed E-state index contributed by atoms with van der Waals surface area (Å²) in [5.74, 6) is 0.153. The van der Waals surface area contributed by atoms with Crippen molar-refractivity contribution in [1.82, 2.24) is 4.90 Å². The average Bonchev–Trinajstić information content (AvgIpc) is 3.01. The van der Waals surface area contributed by atoms with Crippen molar-refractivity contribution < 1.29 is 4.79 Å². The van der Waals surface area contributed by atoms with Gasteiger partial charge in [-0.25, -0.2) is 4.99 Å². The number of carbonyl (C=O) groups is 1. The summed E-state index contributed by atoms with van der Waals surface area (Å²) in [4.78, 5) is 18.9. The van der Waals surface area contributed by atoms with E-state index in [9.17, 15) is 4.79 Å². The van der Waals surface area contributed by atoms with Gasteiger partial charge in [-0.2, -0.15) is 5.26 Å². The molecular weight excluding hydrogens is 262 g/mol. The van der Waals surface area contributed by atoms with Crippen molar-refractivity contribution >= 4 is 12.1 Å². The third-order valence-corrected chi connectivity index (χ3v) is 4.92. The molecule has 1 aromatic carbocycles. The summed E-state index contributed by atoms with van der Waals surface area (Å²) in [5.41, 5.74) is 3.44. The van der Waals surface area contributed by atoms with Crippen LogP contribution in [0.15, 0.2) is 35.1 Å². The molecule has 0 amide bonds. The number of rotatable bonds is 0. The molecule has 2 aliphatic heterocycles. The number of ketones is 1. The largest absolute Gasteiger partial charge is 0.294 e. The van der Waals surface area contributed by atoms with Crippen LogP contribution in [0.1, 0.15) is 53.6 Å². The second-order valence-electron chi connectivity index (χ2n) is 5.94. The number of allylic oxidation sites excluding steroid dienone is 1. The number of piperidine rings is 1. The topological polar surface area (TPSA) is 59.1 Å². The zero-order chi connectivity index (χ0) is 14.4. The Bertz CT molecular complexity index is 741. The molecule has 0 bridgehead atoms. The number of hydrogen-bond acceptors (Lipinski definition) is 4. The molecular formula is C17H15N3O+. The zero-order valence-electron chi connectivity index (χ0n) is 11.7. The van der Waals surface area contributed by atoms with Crippen molar-refractivity contribution in [3.05, 3.63) is 46.8 Å². The second kappa shape index (κ2) is 4.37. The van der Waals surface area contributed by atoms with Crippen LogP contribution >= 0.6 is 0 Å². The molecule has 1 spiro atoms. The molecule has 0 aromatic heterocycles. The van der Waals surface area contributed by atoms with Crippen molar-refractivity contribution in [3.63, 3.8) is 0 Å². The van der Waals surface area contributed by atoms with Crippen LogP contribution in [0, 0.1) is 11.3 Å². The lowest BCUT2D eigenvalue weighted by Gasteiger charge is -2.39. The van der Waals surface area contributed by atoms with E-state index in [1.807, 2.05) is 24.7 Å². The van der Waals surface area contributed by atoms with Crippen molar-refractivity contribution in [3.8, 4) is 6.07 Å². The van der Waals surface area contributed by atoms with Crippen LogP contribution in [0.2, 0.25) is 0 Å². The van der Waals surface area contributed by atoms with Gasteiger partial charge in [0.05, 0.1) is 17.8 Å². The lowest BCUT2D eigenvalue weighted by Crippen LogP contribution is -2.53. The van der Waals surface area contributed by atoms with Crippen molar-refractivity contribution in [2.45, 2.75) is 37.6 Å². The predicted molar refractivity (Wildman–Crippen MR) is 79.0 cm³/mol. The highest BCUT2D eigenvalue weighted by Gasteiger charge is 2.55. The summed E-state index contributed by atoms with van der Waals surface area (Å²) >= 11 is 0. The number of Topliss-reactive ketones (excluding diaryl/α,β-unsaturated/α-hetero) is 1. The van der Waals surface area contributed by atoms with Gasteiger partial charge in [-0.3, -0.25) is 4.79 Å². The van der Waals surface area contributed by atoms with Crippen LogP contribution in [0.25, 0.3) is 0 Å². The van der Waals surface area contributed by atoms with E-state index in [0.717, 1.165) is 36.8 Å². The molecule has 4 rings (SSSR count). The number of aliphatic imine (C=N–C) groups is 1. The summed E-state index contributed by atoms with van der Waals surface area (Å²) < 4.78 is 0. The molecule has 0 saturated carbocycles. The molecule has 1 aliphatic carbocycles. The summed E-state index contributed by atoms with van der Waals surface area (Å²) in [6, 6.07) is 7.68. The van der Waals surface area contributed by atoms with Crippen molar-refractivity contribution in [2.75, 3.05) is 0 Å². The molecule has 4 heteroatoms. The maximum atomic E-state index is 12.3. The maximum Gasteiger partial charge on any atom is 0.245 e. The number of carbonyl (C=O) groups excluding carboxylic acids is 1. The third kappa shape index (κ3) is 1.64. The Balaban J connectivity index is 1.91. The lowest BCUT2D eigenvalue weighted by atomic mass is 9.70. The highest BCUT2D eigenvalue weighted by atomic mass is 16.1. The van der Waals surface area contributed by atoms with Crippen LogP contribution in [-0.2, 0) is 5.54 Å². The molecule has 1 radical (unpaired) electrons. The number of nitriles is 1. The average molecular weight is 277 g/mol. The highest BCUT2D eigenvalue weighted by Crippen LogP contribution is 2.47. The summed E-state index contributed by atoms with van der Waals surface area (Å²) in [6.07, 6.45) is 8.38.